The molecule has 6 nitrogen and oxygen atoms in total. The summed E-state index contributed by atoms with van der Waals surface area (Å²) in [5.41, 5.74) is 1.80. The van der Waals surface area contributed by atoms with E-state index in [0.29, 0.717) is 36.8 Å². The van der Waals surface area contributed by atoms with Crippen LogP contribution in [0.1, 0.15) is 30.9 Å². The van der Waals surface area contributed by atoms with E-state index < -0.39 is 5.91 Å². The van der Waals surface area contributed by atoms with Gasteiger partial charge < -0.3 is 19.5 Å². The number of rotatable bonds is 9. The maximum absolute atomic E-state index is 12.5. The molecule has 3 aromatic carbocycles. The lowest BCUT2D eigenvalue weighted by molar-refractivity contribution is -0.117. The fraction of sp³-hybridized carbons (Fsp3) is 0.286. The van der Waals surface area contributed by atoms with Gasteiger partial charge in [0.2, 0.25) is 0 Å². The molecule has 4 rings (SSSR count). The van der Waals surface area contributed by atoms with E-state index in [0.717, 1.165) is 35.8 Å². The highest BCUT2D eigenvalue weighted by Crippen LogP contribution is 2.31. The van der Waals surface area contributed by atoms with Crippen LogP contribution in [0, 0.1) is 11.3 Å². The third-order valence-corrected chi connectivity index (χ3v) is 5.72. The van der Waals surface area contributed by atoms with Crippen molar-refractivity contribution in [3.63, 3.8) is 0 Å². The summed E-state index contributed by atoms with van der Waals surface area (Å²) < 4.78 is 17.4. The molecule has 1 N–H and O–H groups in total. The molecule has 1 unspecified atom stereocenters. The van der Waals surface area contributed by atoms with Crippen LogP contribution in [0.25, 0.3) is 16.8 Å². The first-order valence-electron chi connectivity index (χ1n) is 11.6. The Balaban J connectivity index is 1.48. The molecule has 1 aliphatic heterocycles. The quantitative estimate of drug-likeness (QED) is 0.361. The maximum atomic E-state index is 12.5. The highest BCUT2D eigenvalue weighted by Gasteiger charge is 2.18. The molecule has 0 bridgehead atoms. The monoisotopic (exact) mass is 456 g/mol. The van der Waals surface area contributed by atoms with E-state index >= 15 is 0 Å². The van der Waals surface area contributed by atoms with Gasteiger partial charge in [-0.1, -0.05) is 48.5 Å². The molecule has 0 saturated carbocycles. The van der Waals surface area contributed by atoms with Gasteiger partial charge in [-0.05, 0) is 59.9 Å². The number of hydrogen-bond donors (Lipinski definition) is 1. The molecule has 0 aliphatic carbocycles. The number of carbonyl (C=O) groups is 1. The fourth-order valence-electron chi connectivity index (χ4n) is 4.00. The maximum Gasteiger partial charge on any atom is 0.262 e. The number of ether oxygens (including phenoxy) is 3. The minimum absolute atomic E-state index is 0.0200. The summed E-state index contributed by atoms with van der Waals surface area (Å²) in [4.78, 5) is 12.5. The van der Waals surface area contributed by atoms with Gasteiger partial charge >= 0.3 is 0 Å². The molecule has 3 aromatic rings. The number of nitriles is 1. The van der Waals surface area contributed by atoms with Crippen molar-refractivity contribution in [2.45, 2.75) is 32.5 Å². The molecular formula is C28H28N2O4. The summed E-state index contributed by atoms with van der Waals surface area (Å²) in [7, 11) is 0. The summed E-state index contributed by atoms with van der Waals surface area (Å²) >= 11 is 0. The van der Waals surface area contributed by atoms with Crippen LogP contribution < -0.4 is 14.8 Å². The fourth-order valence-corrected chi connectivity index (χ4v) is 4.00. The van der Waals surface area contributed by atoms with Gasteiger partial charge in [0.05, 0.1) is 12.7 Å². The zero-order valence-electron chi connectivity index (χ0n) is 19.3. The summed E-state index contributed by atoms with van der Waals surface area (Å²) in [5, 5.41) is 14.6. The number of nitrogens with zero attached hydrogens (tertiary/aromatic N) is 1. The normalized spacial score (nSPS) is 15.6. The second-order valence-corrected chi connectivity index (χ2v) is 8.08. The molecule has 6 heteroatoms. The Bertz CT molecular complexity index is 1220. The van der Waals surface area contributed by atoms with E-state index in [1.165, 1.54) is 0 Å². The lowest BCUT2D eigenvalue weighted by Gasteiger charge is -2.14. The van der Waals surface area contributed by atoms with E-state index in [-0.39, 0.29) is 11.7 Å². The van der Waals surface area contributed by atoms with Crippen molar-refractivity contribution in [1.82, 2.24) is 5.32 Å². The molecule has 0 radical (unpaired) electrons. The van der Waals surface area contributed by atoms with Crippen LogP contribution in [0.15, 0.2) is 66.2 Å². The zero-order valence-corrected chi connectivity index (χ0v) is 19.3. The van der Waals surface area contributed by atoms with Crippen LogP contribution in [0.5, 0.6) is 11.5 Å². The van der Waals surface area contributed by atoms with Crippen molar-refractivity contribution in [3.05, 3.63) is 77.4 Å². The molecule has 1 atom stereocenters. The van der Waals surface area contributed by atoms with Crippen molar-refractivity contribution >= 4 is 22.8 Å². The van der Waals surface area contributed by atoms with Gasteiger partial charge in [-0.25, -0.2) is 0 Å². The summed E-state index contributed by atoms with van der Waals surface area (Å²) in [6.45, 7) is 3.88. The minimum atomic E-state index is -0.410. The van der Waals surface area contributed by atoms with Crippen molar-refractivity contribution in [3.8, 4) is 17.6 Å². The van der Waals surface area contributed by atoms with E-state index in [4.69, 9.17) is 14.2 Å². The molecule has 0 aromatic heterocycles. The lowest BCUT2D eigenvalue weighted by Crippen LogP contribution is -2.32. The highest BCUT2D eigenvalue weighted by atomic mass is 16.5. The van der Waals surface area contributed by atoms with E-state index in [9.17, 15) is 10.1 Å². The van der Waals surface area contributed by atoms with Crippen LogP contribution in [0.4, 0.5) is 0 Å². The average molecular weight is 457 g/mol. The van der Waals surface area contributed by atoms with Crippen molar-refractivity contribution < 1.29 is 19.0 Å². The Morgan fingerprint density at radius 3 is 2.79 bits per heavy atom. The van der Waals surface area contributed by atoms with Crippen LogP contribution >= 0.6 is 0 Å². The molecule has 1 heterocycles. The number of nitrogens with one attached hydrogen (secondary N) is 1. The number of amides is 1. The number of benzene rings is 3. The van der Waals surface area contributed by atoms with E-state index in [2.05, 4.69) is 23.5 Å². The molecule has 1 fully saturated rings. The van der Waals surface area contributed by atoms with Gasteiger partial charge in [0, 0.05) is 13.2 Å². The lowest BCUT2D eigenvalue weighted by atomic mass is 10.1. The summed E-state index contributed by atoms with van der Waals surface area (Å²) in [6.07, 6.45) is 3.49. The third kappa shape index (κ3) is 5.75. The van der Waals surface area contributed by atoms with Gasteiger partial charge in [-0.15, -0.1) is 0 Å². The molecule has 0 spiro atoms. The van der Waals surface area contributed by atoms with Gasteiger partial charge in [0.1, 0.15) is 18.2 Å². The Hall–Kier alpha value is -3.82. The largest absolute Gasteiger partial charge is 0.490 e. The Kier molecular flexibility index (Phi) is 7.79. The average Bonchev–Trinajstić information content (AvgIpc) is 3.39. The molecule has 174 valence electrons. The first-order chi connectivity index (χ1) is 16.7. The summed E-state index contributed by atoms with van der Waals surface area (Å²) in [5.74, 6) is 0.758. The second-order valence-electron chi connectivity index (χ2n) is 8.08. The number of hydrogen-bond acceptors (Lipinski definition) is 5. The van der Waals surface area contributed by atoms with Crippen molar-refractivity contribution in [2.75, 3.05) is 19.8 Å². The Morgan fingerprint density at radius 2 is 2.00 bits per heavy atom. The first-order valence-corrected chi connectivity index (χ1v) is 11.6. The Morgan fingerprint density at radius 1 is 1.15 bits per heavy atom. The summed E-state index contributed by atoms with van der Waals surface area (Å²) in [6, 6.07) is 21.7. The van der Waals surface area contributed by atoms with Gasteiger partial charge in [0.25, 0.3) is 5.91 Å². The molecular weight excluding hydrogens is 428 g/mol. The van der Waals surface area contributed by atoms with Crippen molar-refractivity contribution in [2.24, 2.45) is 0 Å². The van der Waals surface area contributed by atoms with Crippen LogP contribution in [0.3, 0.4) is 0 Å². The van der Waals surface area contributed by atoms with Gasteiger partial charge in [-0.2, -0.15) is 5.26 Å². The van der Waals surface area contributed by atoms with Gasteiger partial charge in [0.15, 0.2) is 11.5 Å². The van der Waals surface area contributed by atoms with E-state index in [1.54, 1.807) is 18.2 Å². The van der Waals surface area contributed by atoms with Gasteiger partial charge in [-0.3, -0.25) is 4.79 Å². The Labute approximate surface area is 199 Å². The molecule has 1 saturated heterocycles. The van der Waals surface area contributed by atoms with Crippen molar-refractivity contribution in [1.29, 1.82) is 5.26 Å². The smallest absolute Gasteiger partial charge is 0.262 e. The first kappa shape index (κ1) is 23.3. The minimum Gasteiger partial charge on any atom is -0.490 e. The van der Waals surface area contributed by atoms with Crippen LogP contribution in [-0.4, -0.2) is 31.8 Å². The highest BCUT2D eigenvalue weighted by molar-refractivity contribution is 6.01. The van der Waals surface area contributed by atoms with Crippen LogP contribution in [-0.2, 0) is 16.1 Å². The zero-order chi connectivity index (χ0) is 23.8. The van der Waals surface area contributed by atoms with E-state index in [1.807, 2.05) is 43.3 Å². The number of carbonyl (C=O) groups excluding carboxylic acids is 1. The SMILES string of the molecule is CCOc1cc(C=C(C#N)C(=O)NCC2CCCO2)ccc1OCc1cccc2ccccc12. The standard InChI is InChI=1S/C28H28N2O4/c1-2-32-27-16-20(15-23(17-29)28(31)30-18-24-10-6-14-33-24)12-13-26(27)34-19-22-9-5-8-21-7-3-4-11-25(21)22/h3-5,7-9,11-13,15-16,24H,2,6,10,14,18-19H2,1H3,(H,30,31). The second kappa shape index (κ2) is 11.4. The predicted octanol–water partition coefficient (Wildman–Crippen LogP) is 5.02. The molecule has 34 heavy (non-hydrogen) atoms. The topological polar surface area (TPSA) is 80.6 Å². The molecule has 1 aliphatic rings. The third-order valence-electron chi connectivity index (χ3n) is 5.72. The molecule has 1 amide bonds. The number of fused-ring (bicyclic) bond motifs is 1. The van der Waals surface area contributed by atoms with Crippen LogP contribution in [0.2, 0.25) is 0 Å². The predicted molar refractivity (Wildman–Crippen MR) is 131 cm³/mol.